The molecule has 1 aliphatic heterocycles. The van der Waals surface area contributed by atoms with Gasteiger partial charge in [-0.1, -0.05) is 25.0 Å². The molecule has 5 heteroatoms. The third kappa shape index (κ3) is 1.98. The Morgan fingerprint density at radius 3 is 2.70 bits per heavy atom. The van der Waals surface area contributed by atoms with Crippen molar-refractivity contribution in [3.05, 3.63) is 24.3 Å². The number of nitrogens with zero attached hydrogens (tertiary/aromatic N) is 1. The average Bonchev–Trinajstić information content (AvgIpc) is 2.95. The smallest absolute Gasteiger partial charge is 0.244 e. The van der Waals surface area contributed by atoms with Crippen LogP contribution in [0.15, 0.2) is 24.3 Å². The Kier molecular flexibility index (Phi) is 3.22. The first kappa shape index (κ1) is 13.1. The number of hydrogen-bond acceptors (Lipinski definition) is 3. The summed E-state index contributed by atoms with van der Waals surface area (Å²) >= 11 is 0. The topological polar surface area (TPSA) is 75.4 Å². The highest BCUT2D eigenvalue weighted by Crippen LogP contribution is 2.41. The molecule has 0 aromatic heterocycles. The number of benzene rings is 1. The highest BCUT2D eigenvalue weighted by molar-refractivity contribution is 6.11. The van der Waals surface area contributed by atoms with Crippen LogP contribution >= 0.6 is 0 Å². The molecule has 20 heavy (non-hydrogen) atoms. The molecule has 1 aromatic carbocycles. The first-order chi connectivity index (χ1) is 9.66. The van der Waals surface area contributed by atoms with Crippen LogP contribution in [0, 0.1) is 5.41 Å². The number of carbonyl (C=O) groups is 2. The summed E-state index contributed by atoms with van der Waals surface area (Å²) in [7, 11) is 0. The lowest BCUT2D eigenvalue weighted by Crippen LogP contribution is -2.51. The van der Waals surface area contributed by atoms with E-state index < -0.39 is 5.41 Å². The molecular formula is C15H19N3O2. The van der Waals surface area contributed by atoms with E-state index in [0.29, 0.717) is 12.2 Å². The first-order valence-electron chi connectivity index (χ1n) is 7.07. The van der Waals surface area contributed by atoms with Gasteiger partial charge in [0.25, 0.3) is 0 Å². The Morgan fingerprint density at radius 1 is 1.30 bits per heavy atom. The number of hydrogen-bond donors (Lipinski definition) is 2. The van der Waals surface area contributed by atoms with E-state index in [4.69, 9.17) is 5.73 Å². The number of para-hydroxylation sites is 2. The summed E-state index contributed by atoms with van der Waals surface area (Å²) in [5.41, 5.74) is 6.87. The molecule has 1 aromatic rings. The molecule has 106 valence electrons. The molecule has 2 amide bonds. The average molecular weight is 273 g/mol. The van der Waals surface area contributed by atoms with Gasteiger partial charge in [-0.05, 0) is 25.0 Å². The van der Waals surface area contributed by atoms with E-state index in [-0.39, 0.29) is 18.4 Å². The monoisotopic (exact) mass is 273 g/mol. The van der Waals surface area contributed by atoms with E-state index in [9.17, 15) is 9.59 Å². The zero-order valence-electron chi connectivity index (χ0n) is 11.4. The van der Waals surface area contributed by atoms with E-state index in [0.717, 1.165) is 31.4 Å². The van der Waals surface area contributed by atoms with Gasteiger partial charge in [0.15, 0.2) is 0 Å². The van der Waals surface area contributed by atoms with Crippen LogP contribution in [-0.4, -0.2) is 24.9 Å². The van der Waals surface area contributed by atoms with E-state index in [2.05, 4.69) is 5.32 Å². The lowest BCUT2D eigenvalue weighted by atomic mass is 9.84. The largest absolute Gasteiger partial charge is 0.329 e. The van der Waals surface area contributed by atoms with Gasteiger partial charge in [-0.25, -0.2) is 0 Å². The normalized spacial score (nSPS) is 20.4. The van der Waals surface area contributed by atoms with Crippen LogP contribution in [-0.2, 0) is 9.59 Å². The SMILES string of the molecule is NCC1(C(=O)N2CC(=O)Nc3ccccc32)CCCC1. The molecule has 1 fully saturated rings. The molecule has 0 atom stereocenters. The molecule has 0 unspecified atom stereocenters. The molecule has 0 spiro atoms. The van der Waals surface area contributed by atoms with Gasteiger partial charge in [0.05, 0.1) is 16.8 Å². The van der Waals surface area contributed by atoms with Gasteiger partial charge >= 0.3 is 0 Å². The summed E-state index contributed by atoms with van der Waals surface area (Å²) in [4.78, 5) is 26.3. The van der Waals surface area contributed by atoms with E-state index in [1.165, 1.54) is 0 Å². The Morgan fingerprint density at radius 2 is 2.00 bits per heavy atom. The maximum atomic E-state index is 12.9. The quantitative estimate of drug-likeness (QED) is 0.857. The Labute approximate surface area is 118 Å². The second-order valence-electron chi connectivity index (χ2n) is 5.65. The number of fused-ring (bicyclic) bond motifs is 1. The van der Waals surface area contributed by atoms with Crippen LogP contribution in [0.2, 0.25) is 0 Å². The van der Waals surface area contributed by atoms with E-state index in [1.807, 2.05) is 24.3 Å². The summed E-state index contributed by atoms with van der Waals surface area (Å²) in [6.45, 7) is 0.434. The molecule has 0 saturated heterocycles. The molecule has 3 N–H and O–H groups in total. The molecule has 1 aliphatic carbocycles. The molecule has 1 saturated carbocycles. The minimum absolute atomic E-state index is 0.000185. The van der Waals surface area contributed by atoms with Crippen molar-refractivity contribution in [1.82, 2.24) is 0 Å². The standard InChI is InChI=1S/C15H19N3O2/c16-10-15(7-3-4-8-15)14(20)18-9-13(19)17-11-5-1-2-6-12(11)18/h1-2,5-6H,3-4,7-10,16H2,(H,17,19). The minimum Gasteiger partial charge on any atom is -0.329 e. The number of anilines is 2. The van der Waals surface area contributed by atoms with Gasteiger partial charge < -0.3 is 16.0 Å². The predicted octanol–water partition coefficient (Wildman–Crippen LogP) is 1.49. The number of rotatable bonds is 2. The molecular weight excluding hydrogens is 254 g/mol. The number of amides is 2. The van der Waals surface area contributed by atoms with Crippen LogP contribution < -0.4 is 16.0 Å². The zero-order chi connectivity index (χ0) is 14.2. The van der Waals surface area contributed by atoms with Gasteiger partial charge in [-0.2, -0.15) is 0 Å². The molecule has 1 heterocycles. The van der Waals surface area contributed by atoms with Gasteiger partial charge in [0, 0.05) is 6.54 Å². The fourth-order valence-electron chi connectivity index (χ4n) is 3.26. The van der Waals surface area contributed by atoms with E-state index >= 15 is 0 Å². The van der Waals surface area contributed by atoms with Crippen molar-refractivity contribution in [2.45, 2.75) is 25.7 Å². The fraction of sp³-hybridized carbons (Fsp3) is 0.467. The first-order valence-corrected chi connectivity index (χ1v) is 7.07. The fourth-order valence-corrected chi connectivity index (χ4v) is 3.26. The summed E-state index contributed by atoms with van der Waals surface area (Å²) in [5, 5.41) is 2.80. The van der Waals surface area contributed by atoms with Crippen LogP contribution in [0.5, 0.6) is 0 Å². The zero-order valence-corrected chi connectivity index (χ0v) is 11.4. The summed E-state index contributed by atoms with van der Waals surface area (Å²) in [6, 6.07) is 7.41. The molecule has 5 nitrogen and oxygen atoms in total. The third-order valence-corrected chi connectivity index (χ3v) is 4.42. The Balaban J connectivity index is 1.97. The lowest BCUT2D eigenvalue weighted by Gasteiger charge is -2.36. The van der Waals surface area contributed by atoms with Gasteiger partial charge in [-0.15, -0.1) is 0 Å². The van der Waals surface area contributed by atoms with Crippen LogP contribution in [0.3, 0.4) is 0 Å². The second kappa shape index (κ2) is 4.90. The van der Waals surface area contributed by atoms with Crippen molar-refractivity contribution in [3.63, 3.8) is 0 Å². The lowest BCUT2D eigenvalue weighted by molar-refractivity contribution is -0.129. The summed E-state index contributed by atoms with van der Waals surface area (Å²) < 4.78 is 0. The summed E-state index contributed by atoms with van der Waals surface area (Å²) in [6.07, 6.45) is 3.71. The van der Waals surface area contributed by atoms with Crippen molar-refractivity contribution in [1.29, 1.82) is 0 Å². The minimum atomic E-state index is -0.481. The predicted molar refractivity (Wildman–Crippen MR) is 77.4 cm³/mol. The number of nitrogens with two attached hydrogens (primary N) is 1. The van der Waals surface area contributed by atoms with Crippen LogP contribution in [0.4, 0.5) is 11.4 Å². The van der Waals surface area contributed by atoms with Crippen molar-refractivity contribution in [2.75, 3.05) is 23.3 Å². The van der Waals surface area contributed by atoms with E-state index in [1.54, 1.807) is 4.90 Å². The molecule has 3 rings (SSSR count). The number of nitrogens with one attached hydrogen (secondary N) is 1. The third-order valence-electron chi connectivity index (χ3n) is 4.42. The maximum Gasteiger partial charge on any atom is 0.244 e. The van der Waals surface area contributed by atoms with Crippen LogP contribution in [0.25, 0.3) is 0 Å². The maximum absolute atomic E-state index is 12.9. The second-order valence-corrected chi connectivity index (χ2v) is 5.65. The van der Waals surface area contributed by atoms with Crippen LogP contribution in [0.1, 0.15) is 25.7 Å². The van der Waals surface area contributed by atoms with Gasteiger partial charge in [-0.3, -0.25) is 9.59 Å². The highest BCUT2D eigenvalue weighted by Gasteiger charge is 2.44. The molecule has 2 aliphatic rings. The highest BCUT2D eigenvalue weighted by atomic mass is 16.2. The van der Waals surface area contributed by atoms with Gasteiger partial charge in [0.1, 0.15) is 6.54 Å². The summed E-state index contributed by atoms with van der Waals surface area (Å²) in [5.74, 6) is -0.151. The molecule has 0 radical (unpaired) electrons. The Bertz CT molecular complexity index is 550. The van der Waals surface area contributed by atoms with Gasteiger partial charge in [0.2, 0.25) is 11.8 Å². The number of carbonyl (C=O) groups excluding carboxylic acids is 2. The van der Waals surface area contributed by atoms with Crippen molar-refractivity contribution in [3.8, 4) is 0 Å². The van der Waals surface area contributed by atoms with Crippen molar-refractivity contribution in [2.24, 2.45) is 11.1 Å². The van der Waals surface area contributed by atoms with Crippen molar-refractivity contribution < 1.29 is 9.59 Å². The molecule has 0 bridgehead atoms. The Hall–Kier alpha value is -1.88. The van der Waals surface area contributed by atoms with Crippen molar-refractivity contribution >= 4 is 23.2 Å².